The molecule has 0 N–H and O–H groups in total. The first kappa shape index (κ1) is 13.0. The Labute approximate surface area is 110 Å². The monoisotopic (exact) mass is 270 g/mol. The largest absolute Gasteiger partial charge is 0.290 e. The van der Waals surface area contributed by atoms with Crippen molar-refractivity contribution in [2.24, 2.45) is 7.05 Å². The molecule has 0 radical (unpaired) electrons. The van der Waals surface area contributed by atoms with Crippen molar-refractivity contribution >= 4 is 23.5 Å². The molecule has 0 aliphatic carbocycles. The molecule has 0 spiro atoms. The smallest absolute Gasteiger partial charge is 0.267 e. The van der Waals surface area contributed by atoms with Crippen molar-refractivity contribution in [3.63, 3.8) is 0 Å². The number of rotatable bonds is 3. The van der Waals surface area contributed by atoms with Crippen molar-refractivity contribution in [3.05, 3.63) is 16.0 Å². The summed E-state index contributed by atoms with van der Waals surface area (Å²) in [6, 6.07) is 0. The maximum absolute atomic E-state index is 12.2. The zero-order valence-corrected chi connectivity index (χ0v) is 12.3. The number of hydrogen-bond acceptors (Lipinski definition) is 4. The highest BCUT2D eigenvalue weighted by Gasteiger charge is 2.25. The van der Waals surface area contributed by atoms with E-state index in [0.29, 0.717) is 10.5 Å². The Morgan fingerprint density at radius 2 is 2.35 bits per heavy atom. The summed E-state index contributed by atoms with van der Waals surface area (Å²) in [6.07, 6.45) is 2.01. The van der Waals surface area contributed by atoms with Crippen LogP contribution >= 0.6 is 23.5 Å². The van der Waals surface area contributed by atoms with Crippen LogP contribution in [0, 0.1) is 0 Å². The average Bonchev–Trinajstić information content (AvgIpc) is 2.66. The summed E-state index contributed by atoms with van der Waals surface area (Å²) in [5.74, 6) is 0. The van der Waals surface area contributed by atoms with E-state index in [1.54, 1.807) is 28.1 Å². The molecule has 1 aromatic rings. The third-order valence-electron chi connectivity index (χ3n) is 2.96. The number of aromatic nitrogens is 2. The minimum atomic E-state index is 0.121. The highest BCUT2D eigenvalue weighted by molar-refractivity contribution is 8.00. The highest BCUT2D eigenvalue weighted by atomic mass is 32.2. The first-order valence-corrected chi connectivity index (χ1v) is 7.72. The van der Waals surface area contributed by atoms with Gasteiger partial charge in [-0.2, -0.15) is 0 Å². The van der Waals surface area contributed by atoms with Crippen molar-refractivity contribution in [1.82, 2.24) is 9.55 Å². The standard InChI is InChI=1S/C12H18N2OS2/c1-5-7(2)17-12-13-9-6-8(3)16-10(9)11(15)14(12)4/h7-8H,5-6H2,1-4H3/t7-,8+/m1/s1. The van der Waals surface area contributed by atoms with Gasteiger partial charge in [-0.3, -0.25) is 9.36 Å². The molecule has 1 aromatic heterocycles. The molecule has 0 saturated heterocycles. The SMILES string of the molecule is CC[C@@H](C)Sc1nc2c(c(=O)n1C)S[C@@H](C)C2. The van der Waals surface area contributed by atoms with Crippen LogP contribution < -0.4 is 5.56 Å². The average molecular weight is 270 g/mol. The van der Waals surface area contributed by atoms with Crippen molar-refractivity contribution in [2.45, 2.75) is 54.2 Å². The van der Waals surface area contributed by atoms with Crippen LogP contribution in [0.2, 0.25) is 0 Å². The van der Waals surface area contributed by atoms with E-state index in [4.69, 9.17) is 0 Å². The quantitative estimate of drug-likeness (QED) is 0.625. The van der Waals surface area contributed by atoms with Crippen molar-refractivity contribution in [3.8, 4) is 0 Å². The van der Waals surface area contributed by atoms with Crippen LogP contribution in [0.25, 0.3) is 0 Å². The van der Waals surface area contributed by atoms with Crippen LogP contribution in [0.4, 0.5) is 0 Å². The Bertz CT molecular complexity index is 484. The van der Waals surface area contributed by atoms with Crippen LogP contribution in [0.15, 0.2) is 14.8 Å². The Hall–Kier alpha value is -0.420. The van der Waals surface area contributed by atoms with E-state index >= 15 is 0 Å². The molecule has 3 nitrogen and oxygen atoms in total. The lowest BCUT2D eigenvalue weighted by Gasteiger charge is -2.12. The molecule has 2 heterocycles. The van der Waals surface area contributed by atoms with E-state index in [-0.39, 0.29) is 5.56 Å². The number of nitrogens with zero attached hydrogens (tertiary/aromatic N) is 2. The van der Waals surface area contributed by atoms with Gasteiger partial charge >= 0.3 is 0 Å². The predicted octanol–water partition coefficient (Wildman–Crippen LogP) is 2.71. The summed E-state index contributed by atoms with van der Waals surface area (Å²) >= 11 is 3.35. The summed E-state index contributed by atoms with van der Waals surface area (Å²) in [7, 11) is 1.82. The van der Waals surface area contributed by atoms with Crippen molar-refractivity contribution < 1.29 is 0 Å². The Kier molecular flexibility index (Phi) is 3.88. The normalized spacial score (nSPS) is 20.4. The van der Waals surface area contributed by atoms with Gasteiger partial charge in [0.15, 0.2) is 5.16 Å². The zero-order valence-electron chi connectivity index (χ0n) is 10.7. The lowest BCUT2D eigenvalue weighted by molar-refractivity contribution is 0.662. The summed E-state index contributed by atoms with van der Waals surface area (Å²) < 4.78 is 1.70. The molecular weight excluding hydrogens is 252 g/mol. The molecule has 0 bridgehead atoms. The van der Waals surface area contributed by atoms with E-state index < -0.39 is 0 Å². The van der Waals surface area contributed by atoms with Crippen molar-refractivity contribution in [2.75, 3.05) is 0 Å². The highest BCUT2D eigenvalue weighted by Crippen LogP contribution is 2.34. The van der Waals surface area contributed by atoms with Crippen molar-refractivity contribution in [1.29, 1.82) is 0 Å². The third-order valence-corrected chi connectivity index (χ3v) is 5.49. The molecule has 2 rings (SSSR count). The predicted molar refractivity (Wildman–Crippen MR) is 74.1 cm³/mol. The Morgan fingerprint density at radius 1 is 1.65 bits per heavy atom. The number of hydrogen-bond donors (Lipinski definition) is 0. The molecule has 0 aromatic carbocycles. The van der Waals surface area contributed by atoms with Gasteiger partial charge < -0.3 is 0 Å². The molecule has 94 valence electrons. The second-order valence-electron chi connectivity index (χ2n) is 4.50. The van der Waals surface area contributed by atoms with Gasteiger partial charge in [0.05, 0.1) is 10.6 Å². The summed E-state index contributed by atoms with van der Waals surface area (Å²) in [5.41, 5.74) is 1.12. The van der Waals surface area contributed by atoms with Gasteiger partial charge in [0.1, 0.15) is 0 Å². The van der Waals surface area contributed by atoms with E-state index in [0.717, 1.165) is 28.6 Å². The minimum absolute atomic E-state index is 0.121. The molecule has 1 aliphatic rings. The topological polar surface area (TPSA) is 34.9 Å². The fraction of sp³-hybridized carbons (Fsp3) is 0.667. The summed E-state index contributed by atoms with van der Waals surface area (Å²) in [5, 5.41) is 1.84. The molecule has 0 saturated carbocycles. The van der Waals surface area contributed by atoms with Gasteiger partial charge in [0.25, 0.3) is 5.56 Å². The van der Waals surface area contributed by atoms with E-state index in [1.165, 1.54) is 0 Å². The second-order valence-corrected chi connectivity index (χ2v) is 7.36. The molecular formula is C12H18N2OS2. The zero-order chi connectivity index (χ0) is 12.6. The van der Waals surface area contributed by atoms with Gasteiger partial charge in [0, 0.05) is 24.0 Å². The molecule has 0 fully saturated rings. The first-order valence-electron chi connectivity index (χ1n) is 5.96. The van der Waals surface area contributed by atoms with E-state index in [2.05, 4.69) is 25.8 Å². The van der Waals surface area contributed by atoms with E-state index in [9.17, 15) is 4.79 Å². The molecule has 2 atom stereocenters. The van der Waals surface area contributed by atoms with Gasteiger partial charge in [-0.05, 0) is 6.42 Å². The number of fused-ring (bicyclic) bond motifs is 1. The van der Waals surface area contributed by atoms with Crippen LogP contribution in [-0.2, 0) is 13.5 Å². The van der Waals surface area contributed by atoms with Crippen LogP contribution in [-0.4, -0.2) is 20.1 Å². The second kappa shape index (κ2) is 5.06. The fourth-order valence-corrected chi connectivity index (χ4v) is 3.82. The van der Waals surface area contributed by atoms with Crippen LogP contribution in [0.5, 0.6) is 0 Å². The van der Waals surface area contributed by atoms with Gasteiger partial charge in [-0.25, -0.2) is 4.98 Å². The lowest BCUT2D eigenvalue weighted by atomic mass is 10.2. The summed E-state index contributed by atoms with van der Waals surface area (Å²) in [4.78, 5) is 17.7. The Balaban J connectivity index is 2.40. The first-order chi connectivity index (χ1) is 8.02. The van der Waals surface area contributed by atoms with Gasteiger partial charge in [0.2, 0.25) is 0 Å². The maximum atomic E-state index is 12.2. The molecule has 0 amide bonds. The lowest BCUT2D eigenvalue weighted by Crippen LogP contribution is -2.22. The third kappa shape index (κ3) is 2.55. The van der Waals surface area contributed by atoms with Gasteiger partial charge in [-0.15, -0.1) is 11.8 Å². The Morgan fingerprint density at radius 3 is 3.00 bits per heavy atom. The molecule has 5 heteroatoms. The minimum Gasteiger partial charge on any atom is -0.290 e. The number of thioether (sulfide) groups is 2. The summed E-state index contributed by atoms with van der Waals surface area (Å²) in [6.45, 7) is 6.47. The van der Waals surface area contributed by atoms with Crippen LogP contribution in [0.1, 0.15) is 32.9 Å². The van der Waals surface area contributed by atoms with Crippen LogP contribution in [0.3, 0.4) is 0 Å². The molecule has 1 aliphatic heterocycles. The van der Waals surface area contributed by atoms with E-state index in [1.807, 2.05) is 7.05 Å². The molecule has 17 heavy (non-hydrogen) atoms. The van der Waals surface area contributed by atoms with Gasteiger partial charge in [-0.1, -0.05) is 32.5 Å². The fourth-order valence-electron chi connectivity index (χ4n) is 1.74. The maximum Gasteiger partial charge on any atom is 0.267 e. The molecule has 0 unspecified atom stereocenters.